The molecule has 0 bridgehead atoms. The van der Waals surface area contributed by atoms with Gasteiger partial charge in [-0.15, -0.1) is 35.4 Å². The Bertz CT molecular complexity index is 1440. The molecule has 197 valence electrons. The molecule has 2 N–H and O–H groups in total. The molecule has 5 aromatic heterocycles. The van der Waals surface area contributed by atoms with Crippen LogP contribution in [-0.4, -0.2) is 34.5 Å². The second-order valence-electron chi connectivity index (χ2n) is 8.31. The first-order chi connectivity index (χ1) is 18.6. The molecule has 9 heteroatoms. The number of nitrogens with zero attached hydrogens (tertiary/aromatic N) is 7. The minimum Gasteiger partial charge on any atom is -0.328 e. The van der Waals surface area contributed by atoms with Gasteiger partial charge in [-0.3, -0.25) is 0 Å². The van der Waals surface area contributed by atoms with Crippen LogP contribution in [0.1, 0.15) is 16.7 Å². The van der Waals surface area contributed by atoms with E-state index >= 15 is 0 Å². The number of hydrogen-bond acceptors (Lipinski definition) is 6. The summed E-state index contributed by atoms with van der Waals surface area (Å²) in [6, 6.07) is 26.5. The maximum Gasteiger partial charge on any atom is 1.00 e. The second-order valence-corrected chi connectivity index (χ2v) is 8.31. The van der Waals surface area contributed by atoms with Crippen LogP contribution in [0.15, 0.2) is 116 Å². The third-order valence-electron chi connectivity index (χ3n) is 5.32. The number of aromatic nitrogens is 7. The average Bonchev–Trinajstić information content (AvgIpc) is 3.70. The van der Waals surface area contributed by atoms with Gasteiger partial charge in [-0.25, -0.2) is 19.3 Å². The van der Waals surface area contributed by atoms with E-state index in [4.69, 9.17) is 5.73 Å². The van der Waals surface area contributed by atoms with E-state index in [1.807, 2.05) is 99.0 Å². The Morgan fingerprint density at radius 1 is 0.692 bits per heavy atom. The molecule has 6 aromatic rings. The molecule has 0 spiro atoms. The monoisotopic (exact) mass is 693 g/mol. The summed E-state index contributed by atoms with van der Waals surface area (Å²) in [6.45, 7) is 4.62. The molecule has 0 fully saturated rings. The normalized spacial score (nSPS) is 9.82. The van der Waals surface area contributed by atoms with E-state index in [1.165, 1.54) is 11.1 Å². The molecule has 0 amide bonds. The summed E-state index contributed by atoms with van der Waals surface area (Å²) in [5, 5.41) is 8.16. The third kappa shape index (κ3) is 8.89. The molecule has 39 heavy (non-hydrogen) atoms. The van der Waals surface area contributed by atoms with Crippen molar-refractivity contribution in [1.29, 1.82) is 0 Å². The van der Waals surface area contributed by atoms with Crippen molar-refractivity contribution in [1.82, 2.24) is 34.5 Å². The molecule has 0 saturated heterocycles. The first-order valence-corrected chi connectivity index (χ1v) is 12.1. The predicted molar refractivity (Wildman–Crippen MR) is 149 cm³/mol. The van der Waals surface area contributed by atoms with E-state index in [2.05, 4.69) is 31.2 Å². The Morgan fingerprint density at radius 3 is 1.77 bits per heavy atom. The van der Waals surface area contributed by atoms with E-state index in [0.29, 0.717) is 6.54 Å². The Kier molecular flexibility index (Phi) is 11.4. The summed E-state index contributed by atoms with van der Waals surface area (Å²) in [6.07, 6.45) is 12.6. The van der Waals surface area contributed by atoms with E-state index in [0.717, 1.165) is 28.5 Å². The number of nitrogens with two attached hydrogens (primary N) is 1. The van der Waals surface area contributed by atoms with Crippen LogP contribution in [0.5, 0.6) is 0 Å². The molecule has 6 rings (SSSR count). The molecular formula is C30H29N8Os. The number of benzene rings is 1. The van der Waals surface area contributed by atoms with Crippen LogP contribution in [0.3, 0.4) is 0 Å². The summed E-state index contributed by atoms with van der Waals surface area (Å²) in [5.41, 5.74) is 11.0. The van der Waals surface area contributed by atoms with Crippen LogP contribution in [0.2, 0.25) is 0 Å². The minimum absolute atomic E-state index is 0. The summed E-state index contributed by atoms with van der Waals surface area (Å²) in [7, 11) is 0. The Hall–Kier alpha value is -4.31. The number of rotatable bonds is 4. The van der Waals surface area contributed by atoms with Gasteiger partial charge < -0.3 is 10.7 Å². The molecule has 0 aliphatic heterocycles. The fraction of sp³-hybridized carbons (Fsp3) is 0.100. The molecule has 0 aliphatic carbocycles. The van der Waals surface area contributed by atoms with Crippen LogP contribution in [0.4, 0.5) is 0 Å². The topological polar surface area (TPSA) is 100 Å². The maximum atomic E-state index is 5.56. The summed E-state index contributed by atoms with van der Waals surface area (Å²) in [4.78, 5) is 12.6. The molecule has 0 aliphatic rings. The largest absolute Gasteiger partial charge is 1.00 e. The number of aryl methyl sites for hydroxylation is 2. The smallest absolute Gasteiger partial charge is 0.328 e. The molecule has 8 nitrogen and oxygen atoms in total. The zero-order valence-corrected chi connectivity index (χ0v) is 24.3. The fourth-order valence-electron chi connectivity index (χ4n) is 3.41. The Morgan fingerprint density at radius 2 is 1.31 bits per heavy atom. The Labute approximate surface area is 241 Å². The van der Waals surface area contributed by atoms with Gasteiger partial charge in [0, 0.05) is 49.9 Å². The minimum atomic E-state index is 0. The van der Waals surface area contributed by atoms with Crippen molar-refractivity contribution in [2.75, 3.05) is 0 Å². The standard InChI is InChI=1S/C12H11N2.2C9H9N3.Os/c13-9-10-4-3-5-11(8-10)12-6-1-2-7-14-12;2*1-8-3-5-10-9(7-8)12-6-2-4-11-12;/h1-4,6-8H,9,13H2;2*2-7H,1H3;/q-1;;;+1. The molecule has 1 radical (unpaired) electrons. The van der Waals surface area contributed by atoms with E-state index < -0.39 is 0 Å². The van der Waals surface area contributed by atoms with Crippen molar-refractivity contribution in [2.24, 2.45) is 5.73 Å². The SMILES string of the molecule is Cc1ccnc(-n2cccn2)c1.Cc1ccnc(-n2cccn2)c1.NCc1cc[c-]c(-c2ccccn2)c1.[Os+]. The molecule has 1 aromatic carbocycles. The molecule has 0 saturated carbocycles. The van der Waals surface area contributed by atoms with Crippen LogP contribution in [0, 0.1) is 19.9 Å². The van der Waals surface area contributed by atoms with Crippen molar-refractivity contribution >= 4 is 0 Å². The van der Waals surface area contributed by atoms with Crippen LogP contribution >= 0.6 is 0 Å². The quantitative estimate of drug-likeness (QED) is 0.257. The fourth-order valence-corrected chi connectivity index (χ4v) is 3.41. The number of pyridine rings is 3. The zero-order chi connectivity index (χ0) is 26.6. The second kappa shape index (κ2) is 15.2. The van der Waals surface area contributed by atoms with Gasteiger partial charge in [0.15, 0.2) is 11.6 Å². The van der Waals surface area contributed by atoms with Gasteiger partial charge in [0.25, 0.3) is 0 Å². The van der Waals surface area contributed by atoms with Crippen LogP contribution in [0.25, 0.3) is 22.9 Å². The first kappa shape index (κ1) is 29.2. The zero-order valence-electron chi connectivity index (χ0n) is 21.7. The van der Waals surface area contributed by atoms with E-state index in [9.17, 15) is 0 Å². The summed E-state index contributed by atoms with van der Waals surface area (Å²) in [5.74, 6) is 1.72. The van der Waals surface area contributed by atoms with Gasteiger partial charge in [-0.1, -0.05) is 12.1 Å². The van der Waals surface area contributed by atoms with Crippen molar-refractivity contribution in [2.45, 2.75) is 20.4 Å². The van der Waals surface area contributed by atoms with Crippen molar-refractivity contribution in [3.63, 3.8) is 0 Å². The summed E-state index contributed by atoms with van der Waals surface area (Å²) >= 11 is 0. The molecular weight excluding hydrogens is 663 g/mol. The van der Waals surface area contributed by atoms with Gasteiger partial charge >= 0.3 is 19.8 Å². The summed E-state index contributed by atoms with van der Waals surface area (Å²) < 4.78 is 3.49. The van der Waals surface area contributed by atoms with Crippen molar-refractivity contribution in [3.05, 3.63) is 139 Å². The average molecular weight is 692 g/mol. The van der Waals surface area contributed by atoms with E-state index in [1.54, 1.807) is 40.3 Å². The Balaban J connectivity index is 0.000000160. The van der Waals surface area contributed by atoms with Gasteiger partial charge in [0.1, 0.15) is 0 Å². The number of hydrogen-bond donors (Lipinski definition) is 1. The van der Waals surface area contributed by atoms with E-state index in [-0.39, 0.29) is 19.8 Å². The van der Waals surface area contributed by atoms with Gasteiger partial charge in [0.05, 0.1) is 0 Å². The molecule has 0 atom stereocenters. The molecule has 5 heterocycles. The third-order valence-corrected chi connectivity index (χ3v) is 5.32. The van der Waals surface area contributed by atoms with Gasteiger partial charge in [-0.2, -0.15) is 10.2 Å². The van der Waals surface area contributed by atoms with Crippen molar-refractivity contribution < 1.29 is 19.8 Å². The van der Waals surface area contributed by atoms with Gasteiger partial charge in [-0.05, 0) is 73.1 Å². The van der Waals surface area contributed by atoms with Crippen LogP contribution < -0.4 is 5.73 Å². The van der Waals surface area contributed by atoms with Crippen LogP contribution in [-0.2, 0) is 26.3 Å². The van der Waals surface area contributed by atoms with Crippen molar-refractivity contribution in [3.8, 4) is 22.9 Å². The first-order valence-electron chi connectivity index (χ1n) is 12.1. The maximum absolute atomic E-state index is 5.56. The molecule has 0 unspecified atom stereocenters. The predicted octanol–water partition coefficient (Wildman–Crippen LogP) is 5.16. The van der Waals surface area contributed by atoms with Gasteiger partial charge in [0.2, 0.25) is 0 Å².